The molecule has 2 unspecified atom stereocenters. The predicted molar refractivity (Wildman–Crippen MR) is 152 cm³/mol. The number of pyridine rings is 1. The summed E-state index contributed by atoms with van der Waals surface area (Å²) in [6.45, 7) is 2.67. The molecular weight excluding hydrogens is 506 g/mol. The van der Waals surface area contributed by atoms with Crippen molar-refractivity contribution in [2.24, 2.45) is 15.9 Å². The summed E-state index contributed by atoms with van der Waals surface area (Å²) in [6, 6.07) is 13.7. The number of nitrogens with one attached hydrogen (secondary N) is 1. The first-order chi connectivity index (χ1) is 19.6. The highest BCUT2D eigenvalue weighted by Gasteiger charge is 2.43. The first-order valence-electron chi connectivity index (χ1n) is 13.2. The Kier molecular flexibility index (Phi) is 7.00. The van der Waals surface area contributed by atoms with Gasteiger partial charge in [-0.3, -0.25) is 14.6 Å². The number of benzene rings is 1. The van der Waals surface area contributed by atoms with Gasteiger partial charge in [-0.2, -0.15) is 0 Å². The lowest BCUT2D eigenvalue weighted by Crippen LogP contribution is -2.50. The van der Waals surface area contributed by atoms with E-state index < -0.39 is 0 Å². The van der Waals surface area contributed by atoms with Gasteiger partial charge in [0.25, 0.3) is 11.8 Å². The molecule has 3 aliphatic rings. The molecule has 3 aromatic rings. The molecule has 3 aliphatic heterocycles. The number of rotatable bonds is 6. The van der Waals surface area contributed by atoms with Crippen molar-refractivity contribution in [3.63, 3.8) is 0 Å². The van der Waals surface area contributed by atoms with E-state index in [1.165, 1.54) is 6.20 Å². The van der Waals surface area contributed by atoms with Gasteiger partial charge in [0.15, 0.2) is 0 Å². The molecule has 40 heavy (non-hydrogen) atoms. The van der Waals surface area contributed by atoms with Gasteiger partial charge in [0.1, 0.15) is 24.0 Å². The minimum Gasteiger partial charge on any atom is -0.352 e. The number of fused-ring (bicyclic) bond motifs is 1. The van der Waals surface area contributed by atoms with Gasteiger partial charge in [0.05, 0.1) is 29.6 Å². The van der Waals surface area contributed by atoms with Gasteiger partial charge >= 0.3 is 0 Å². The van der Waals surface area contributed by atoms with E-state index in [0.717, 1.165) is 22.4 Å². The molecule has 2 atom stereocenters. The second-order valence-electron chi connectivity index (χ2n) is 9.82. The molecule has 0 saturated carbocycles. The van der Waals surface area contributed by atoms with Crippen molar-refractivity contribution < 1.29 is 9.59 Å². The summed E-state index contributed by atoms with van der Waals surface area (Å²) in [7, 11) is 1.98. The fourth-order valence-corrected chi connectivity index (χ4v) is 5.34. The second kappa shape index (κ2) is 11.0. The SMILES string of the molecule is CN1C(c2ccccc2)=C(C(=O)N2CCN(c3cnc(C(=O)NCc4cccnc4)cn3)CC2)C2C=NC=NC21. The zero-order chi connectivity index (χ0) is 27.5. The van der Waals surface area contributed by atoms with E-state index >= 15 is 0 Å². The van der Waals surface area contributed by atoms with Crippen LogP contribution in [0.15, 0.2) is 82.8 Å². The first kappa shape index (κ1) is 25.4. The third-order valence-corrected chi connectivity index (χ3v) is 7.41. The summed E-state index contributed by atoms with van der Waals surface area (Å²) in [5.74, 6) is 0.192. The van der Waals surface area contributed by atoms with E-state index in [0.29, 0.717) is 38.5 Å². The van der Waals surface area contributed by atoms with Crippen LogP contribution >= 0.6 is 0 Å². The number of carbonyl (C=O) groups is 2. The van der Waals surface area contributed by atoms with E-state index in [-0.39, 0.29) is 29.6 Å². The number of piperazine rings is 1. The summed E-state index contributed by atoms with van der Waals surface area (Å²) in [5, 5.41) is 2.83. The average Bonchev–Trinajstić information content (AvgIpc) is 3.32. The number of hydrogen-bond donors (Lipinski definition) is 1. The van der Waals surface area contributed by atoms with Gasteiger partial charge in [-0.15, -0.1) is 0 Å². The van der Waals surface area contributed by atoms with Crippen LogP contribution in [0.4, 0.5) is 5.82 Å². The van der Waals surface area contributed by atoms with Crippen molar-refractivity contribution in [3.8, 4) is 0 Å². The van der Waals surface area contributed by atoms with Crippen LogP contribution < -0.4 is 10.2 Å². The van der Waals surface area contributed by atoms with E-state index in [9.17, 15) is 9.59 Å². The van der Waals surface area contributed by atoms with Crippen LogP contribution in [-0.4, -0.2) is 88.5 Å². The molecule has 202 valence electrons. The summed E-state index contributed by atoms with van der Waals surface area (Å²) < 4.78 is 0. The maximum Gasteiger partial charge on any atom is 0.271 e. The molecule has 0 radical (unpaired) electrons. The van der Waals surface area contributed by atoms with Crippen molar-refractivity contribution in [1.29, 1.82) is 0 Å². The number of nitrogens with zero attached hydrogens (tertiary/aromatic N) is 8. The molecule has 2 aromatic heterocycles. The van der Waals surface area contributed by atoms with E-state index in [1.807, 2.05) is 60.6 Å². The van der Waals surface area contributed by atoms with Crippen LogP contribution in [0.25, 0.3) is 5.70 Å². The maximum absolute atomic E-state index is 13.9. The van der Waals surface area contributed by atoms with Gasteiger partial charge in [0, 0.05) is 58.4 Å². The fraction of sp³-hybridized carbons (Fsp3) is 0.276. The molecule has 2 amide bonds. The zero-order valence-electron chi connectivity index (χ0n) is 22.1. The number of amides is 2. The number of aliphatic imine (C=N–C) groups is 2. The molecule has 1 N–H and O–H groups in total. The number of anilines is 1. The Labute approximate surface area is 232 Å². The predicted octanol–water partition coefficient (Wildman–Crippen LogP) is 1.86. The Hall–Kier alpha value is -4.93. The minimum absolute atomic E-state index is 0.00752. The normalized spacial score (nSPS) is 20.1. The molecule has 6 rings (SSSR count). The van der Waals surface area contributed by atoms with Crippen molar-refractivity contribution in [1.82, 2.24) is 30.1 Å². The average molecular weight is 536 g/mol. The van der Waals surface area contributed by atoms with Crippen LogP contribution in [0.1, 0.15) is 21.6 Å². The standard InChI is InChI=1S/C29H29N9O2/c1-36-26(21-7-3-2-4-8-21)25(22-16-31-19-35-27(22)36)29(40)38-12-10-37(11-13-38)24-18-32-23(17-33-24)28(39)34-15-20-6-5-9-30-14-20/h2-9,14,16-19,22,27H,10-13,15H2,1H3,(H,34,39). The molecule has 0 spiro atoms. The maximum atomic E-state index is 13.9. The molecule has 0 bridgehead atoms. The molecule has 5 heterocycles. The number of hydrogen-bond acceptors (Lipinski definition) is 9. The van der Waals surface area contributed by atoms with Crippen LogP contribution in [0.5, 0.6) is 0 Å². The fourth-order valence-electron chi connectivity index (χ4n) is 5.34. The quantitative estimate of drug-likeness (QED) is 0.512. The van der Waals surface area contributed by atoms with E-state index in [4.69, 9.17) is 0 Å². The van der Waals surface area contributed by atoms with Gasteiger partial charge in [-0.1, -0.05) is 36.4 Å². The third-order valence-electron chi connectivity index (χ3n) is 7.41. The summed E-state index contributed by atoms with van der Waals surface area (Å²) >= 11 is 0. The van der Waals surface area contributed by atoms with Gasteiger partial charge in [0.2, 0.25) is 0 Å². The van der Waals surface area contributed by atoms with Crippen molar-refractivity contribution in [2.75, 3.05) is 38.1 Å². The largest absolute Gasteiger partial charge is 0.352 e. The number of carbonyl (C=O) groups excluding carboxylic acids is 2. The third kappa shape index (κ3) is 4.93. The Morgan fingerprint density at radius 2 is 1.80 bits per heavy atom. The summed E-state index contributed by atoms with van der Waals surface area (Å²) in [6.07, 6.45) is 9.70. The van der Waals surface area contributed by atoms with Gasteiger partial charge in [-0.05, 0) is 17.2 Å². The second-order valence-corrected chi connectivity index (χ2v) is 9.82. The molecular formula is C29H29N9O2. The highest BCUT2D eigenvalue weighted by molar-refractivity contribution is 6.07. The molecule has 1 fully saturated rings. The Bertz CT molecular complexity index is 1460. The lowest BCUT2D eigenvalue weighted by Gasteiger charge is -2.36. The van der Waals surface area contributed by atoms with Crippen LogP contribution in [0.2, 0.25) is 0 Å². The minimum atomic E-state index is -0.295. The first-order valence-corrected chi connectivity index (χ1v) is 13.2. The highest BCUT2D eigenvalue weighted by atomic mass is 16.2. The van der Waals surface area contributed by atoms with Crippen LogP contribution in [0.3, 0.4) is 0 Å². The summed E-state index contributed by atoms with van der Waals surface area (Å²) in [4.78, 5) is 54.2. The molecule has 1 aromatic carbocycles. The number of aromatic nitrogens is 3. The van der Waals surface area contributed by atoms with Crippen LogP contribution in [-0.2, 0) is 11.3 Å². The van der Waals surface area contributed by atoms with Crippen molar-refractivity contribution in [2.45, 2.75) is 12.7 Å². The topological polar surface area (TPSA) is 119 Å². The molecule has 1 saturated heterocycles. The van der Waals surface area contributed by atoms with E-state index in [2.05, 4.69) is 40.1 Å². The van der Waals surface area contributed by atoms with E-state index in [1.54, 1.807) is 24.9 Å². The summed E-state index contributed by atoms with van der Waals surface area (Å²) in [5.41, 5.74) is 3.78. The van der Waals surface area contributed by atoms with Crippen LogP contribution in [0, 0.1) is 5.92 Å². The monoisotopic (exact) mass is 535 g/mol. The lowest BCUT2D eigenvalue weighted by atomic mass is 9.95. The van der Waals surface area contributed by atoms with Crippen molar-refractivity contribution >= 4 is 35.9 Å². The Morgan fingerprint density at radius 3 is 2.52 bits per heavy atom. The molecule has 0 aliphatic carbocycles. The van der Waals surface area contributed by atoms with Gasteiger partial charge in [-0.25, -0.2) is 20.0 Å². The zero-order valence-corrected chi connectivity index (χ0v) is 22.1. The highest BCUT2D eigenvalue weighted by Crippen LogP contribution is 2.40. The molecule has 11 nitrogen and oxygen atoms in total. The lowest BCUT2D eigenvalue weighted by molar-refractivity contribution is -0.127. The molecule has 11 heteroatoms. The van der Waals surface area contributed by atoms with Crippen molar-refractivity contribution in [3.05, 3.63) is 89.6 Å². The van der Waals surface area contributed by atoms with Gasteiger partial charge < -0.3 is 20.0 Å². The smallest absolute Gasteiger partial charge is 0.271 e. The Balaban J connectivity index is 1.12. The Morgan fingerprint density at radius 1 is 0.975 bits per heavy atom.